The highest BCUT2D eigenvalue weighted by Crippen LogP contribution is 2.32. The van der Waals surface area contributed by atoms with Crippen molar-refractivity contribution in [3.63, 3.8) is 0 Å². The average Bonchev–Trinajstić information content (AvgIpc) is 2.48. The van der Waals surface area contributed by atoms with E-state index in [-0.39, 0.29) is 0 Å². The minimum Gasteiger partial charge on any atom is -0.493 e. The molecule has 0 spiro atoms. The first-order chi connectivity index (χ1) is 9.26. The van der Waals surface area contributed by atoms with E-state index in [9.17, 15) is 0 Å². The van der Waals surface area contributed by atoms with Crippen molar-refractivity contribution in [3.05, 3.63) is 53.6 Å². The molecule has 0 unspecified atom stereocenters. The van der Waals surface area contributed by atoms with Gasteiger partial charge in [0.2, 0.25) is 0 Å². The third-order valence-corrected chi connectivity index (χ3v) is 3.00. The van der Waals surface area contributed by atoms with Crippen LogP contribution < -0.4 is 15.2 Å². The van der Waals surface area contributed by atoms with E-state index in [1.165, 1.54) is 5.56 Å². The van der Waals surface area contributed by atoms with Crippen LogP contribution in [-0.2, 0) is 13.0 Å². The second-order valence-corrected chi connectivity index (χ2v) is 4.29. The van der Waals surface area contributed by atoms with E-state index in [1.807, 2.05) is 42.5 Å². The predicted molar refractivity (Wildman–Crippen MR) is 76.8 cm³/mol. The van der Waals surface area contributed by atoms with E-state index >= 15 is 0 Å². The van der Waals surface area contributed by atoms with Gasteiger partial charge in [0.1, 0.15) is 5.75 Å². The summed E-state index contributed by atoms with van der Waals surface area (Å²) in [6, 6.07) is 13.7. The lowest BCUT2D eigenvalue weighted by Gasteiger charge is -2.12. The van der Waals surface area contributed by atoms with Gasteiger partial charge in [0.05, 0.1) is 7.11 Å². The van der Waals surface area contributed by atoms with Crippen LogP contribution in [0.15, 0.2) is 42.5 Å². The molecule has 2 aromatic rings. The molecule has 0 fully saturated rings. The molecule has 100 valence electrons. The summed E-state index contributed by atoms with van der Waals surface area (Å²) in [7, 11) is 1.65. The zero-order valence-electron chi connectivity index (χ0n) is 11.3. The molecule has 0 atom stereocenters. The molecule has 0 bridgehead atoms. The zero-order chi connectivity index (χ0) is 13.7. The smallest absolute Gasteiger partial charge is 0.169 e. The van der Waals surface area contributed by atoms with Crippen molar-refractivity contribution in [2.24, 2.45) is 5.73 Å². The summed E-state index contributed by atoms with van der Waals surface area (Å²) in [6.45, 7) is 2.61. The Kier molecular flexibility index (Phi) is 4.42. The fourth-order valence-electron chi connectivity index (χ4n) is 1.88. The van der Waals surface area contributed by atoms with E-state index in [2.05, 4.69) is 6.92 Å². The van der Waals surface area contributed by atoms with Crippen LogP contribution in [0.4, 0.5) is 0 Å². The Morgan fingerprint density at radius 1 is 1.00 bits per heavy atom. The van der Waals surface area contributed by atoms with Gasteiger partial charge in [-0.2, -0.15) is 0 Å². The molecule has 2 rings (SSSR count). The van der Waals surface area contributed by atoms with E-state index in [0.29, 0.717) is 12.3 Å². The van der Waals surface area contributed by atoms with Gasteiger partial charge >= 0.3 is 0 Å². The van der Waals surface area contributed by atoms with Gasteiger partial charge in [-0.05, 0) is 41.8 Å². The van der Waals surface area contributed by atoms with Crippen LogP contribution in [0.25, 0.3) is 0 Å². The first-order valence-electron chi connectivity index (χ1n) is 6.40. The molecule has 0 aliphatic carbocycles. The highest BCUT2D eigenvalue weighted by molar-refractivity contribution is 5.45. The highest BCUT2D eigenvalue weighted by atomic mass is 16.5. The number of rotatable bonds is 5. The fraction of sp³-hybridized carbons (Fsp3) is 0.250. The van der Waals surface area contributed by atoms with Gasteiger partial charge in [0.25, 0.3) is 0 Å². The summed E-state index contributed by atoms with van der Waals surface area (Å²) in [4.78, 5) is 0. The molecular formula is C16H19NO2. The molecule has 0 aliphatic rings. The van der Waals surface area contributed by atoms with E-state index in [0.717, 1.165) is 23.5 Å². The Hall–Kier alpha value is -2.00. The minimum absolute atomic E-state index is 0.503. The van der Waals surface area contributed by atoms with Crippen LogP contribution in [-0.4, -0.2) is 7.11 Å². The van der Waals surface area contributed by atoms with Crippen LogP contribution in [0.5, 0.6) is 17.2 Å². The number of benzene rings is 2. The quantitative estimate of drug-likeness (QED) is 0.891. The summed E-state index contributed by atoms with van der Waals surface area (Å²) < 4.78 is 11.2. The zero-order valence-corrected chi connectivity index (χ0v) is 11.3. The van der Waals surface area contributed by atoms with Crippen LogP contribution >= 0.6 is 0 Å². The average molecular weight is 257 g/mol. The molecule has 0 heterocycles. The lowest BCUT2D eigenvalue weighted by molar-refractivity contribution is 0.378. The number of hydrogen-bond donors (Lipinski definition) is 1. The van der Waals surface area contributed by atoms with Crippen LogP contribution in [0.3, 0.4) is 0 Å². The molecule has 0 aliphatic heterocycles. The second-order valence-electron chi connectivity index (χ2n) is 4.29. The Balaban J connectivity index is 2.26. The van der Waals surface area contributed by atoms with E-state index < -0.39 is 0 Å². The third-order valence-electron chi connectivity index (χ3n) is 3.00. The Labute approximate surface area is 114 Å². The van der Waals surface area contributed by atoms with Crippen molar-refractivity contribution >= 4 is 0 Å². The van der Waals surface area contributed by atoms with Gasteiger partial charge < -0.3 is 15.2 Å². The number of hydrogen-bond acceptors (Lipinski definition) is 3. The fourth-order valence-corrected chi connectivity index (χ4v) is 1.88. The second kappa shape index (κ2) is 6.25. The molecule has 2 N–H and O–H groups in total. The molecule has 19 heavy (non-hydrogen) atoms. The lowest BCUT2D eigenvalue weighted by Crippen LogP contribution is -1.96. The normalized spacial score (nSPS) is 10.3. The Bertz CT molecular complexity index is 552. The lowest BCUT2D eigenvalue weighted by atomic mass is 10.1. The molecular weight excluding hydrogens is 238 g/mol. The van der Waals surface area contributed by atoms with Crippen molar-refractivity contribution in [1.82, 2.24) is 0 Å². The predicted octanol–water partition coefficient (Wildman–Crippen LogP) is 3.51. The van der Waals surface area contributed by atoms with Crippen LogP contribution in [0.2, 0.25) is 0 Å². The molecule has 2 aromatic carbocycles. The summed E-state index contributed by atoms with van der Waals surface area (Å²) in [6.07, 6.45) is 0.972. The van der Waals surface area contributed by atoms with Gasteiger partial charge in [-0.1, -0.05) is 25.1 Å². The van der Waals surface area contributed by atoms with Crippen molar-refractivity contribution in [3.8, 4) is 17.2 Å². The first kappa shape index (κ1) is 13.4. The number of ether oxygens (including phenoxy) is 2. The summed E-state index contributed by atoms with van der Waals surface area (Å²) in [5.41, 5.74) is 7.89. The van der Waals surface area contributed by atoms with E-state index in [4.69, 9.17) is 15.2 Å². The molecule has 0 amide bonds. The number of methoxy groups -OCH3 is 1. The Morgan fingerprint density at radius 2 is 1.84 bits per heavy atom. The monoisotopic (exact) mass is 257 g/mol. The third kappa shape index (κ3) is 3.26. The molecule has 3 nitrogen and oxygen atoms in total. The van der Waals surface area contributed by atoms with Gasteiger partial charge in [0, 0.05) is 6.54 Å². The van der Waals surface area contributed by atoms with Crippen molar-refractivity contribution in [1.29, 1.82) is 0 Å². The maximum Gasteiger partial charge on any atom is 0.169 e. The van der Waals surface area contributed by atoms with Crippen LogP contribution in [0.1, 0.15) is 18.1 Å². The number of nitrogens with two attached hydrogens (primary N) is 1. The standard InChI is InChI=1S/C16H19NO2/c1-3-12-7-8-15(16(10-12)18-2)19-14-6-4-5-13(9-14)11-17/h4-10H,3,11,17H2,1-2H3. The van der Waals surface area contributed by atoms with Gasteiger partial charge in [0.15, 0.2) is 11.5 Å². The van der Waals surface area contributed by atoms with Gasteiger partial charge in [-0.3, -0.25) is 0 Å². The highest BCUT2D eigenvalue weighted by Gasteiger charge is 2.06. The van der Waals surface area contributed by atoms with Gasteiger partial charge in [-0.25, -0.2) is 0 Å². The Morgan fingerprint density at radius 3 is 2.53 bits per heavy atom. The van der Waals surface area contributed by atoms with Crippen molar-refractivity contribution < 1.29 is 9.47 Å². The molecule has 3 heteroatoms. The van der Waals surface area contributed by atoms with Crippen LogP contribution in [0, 0.1) is 0 Å². The SMILES string of the molecule is CCc1ccc(Oc2cccc(CN)c2)c(OC)c1. The van der Waals surface area contributed by atoms with Crippen molar-refractivity contribution in [2.45, 2.75) is 19.9 Å². The topological polar surface area (TPSA) is 44.5 Å². The largest absolute Gasteiger partial charge is 0.493 e. The summed E-state index contributed by atoms with van der Waals surface area (Å²) in [5, 5.41) is 0. The number of aryl methyl sites for hydroxylation is 1. The first-order valence-corrected chi connectivity index (χ1v) is 6.40. The minimum atomic E-state index is 0.503. The summed E-state index contributed by atoms with van der Waals surface area (Å²) >= 11 is 0. The maximum absolute atomic E-state index is 5.86. The van der Waals surface area contributed by atoms with E-state index in [1.54, 1.807) is 7.11 Å². The molecule has 0 radical (unpaired) electrons. The molecule has 0 saturated heterocycles. The van der Waals surface area contributed by atoms with Gasteiger partial charge in [-0.15, -0.1) is 0 Å². The maximum atomic E-state index is 5.86. The molecule has 0 aromatic heterocycles. The molecule has 0 saturated carbocycles. The summed E-state index contributed by atoms with van der Waals surface area (Å²) in [5.74, 6) is 2.23. The van der Waals surface area contributed by atoms with Crippen molar-refractivity contribution in [2.75, 3.05) is 7.11 Å².